The summed E-state index contributed by atoms with van der Waals surface area (Å²) in [4.78, 5) is 14.1. The van der Waals surface area contributed by atoms with Gasteiger partial charge >= 0.3 is 0 Å². The molecule has 1 aromatic rings. The Hall–Kier alpha value is -1.44. The first-order valence-electron chi connectivity index (χ1n) is 7.28. The van der Waals surface area contributed by atoms with Crippen LogP contribution >= 0.6 is 0 Å². The zero-order chi connectivity index (χ0) is 16.8. The zero-order valence-electron chi connectivity index (χ0n) is 13.7. The van der Waals surface area contributed by atoms with E-state index in [1.807, 2.05) is 11.9 Å². The Morgan fingerprint density at radius 3 is 2.50 bits per heavy atom. The summed E-state index contributed by atoms with van der Waals surface area (Å²) in [6, 6.07) is 6.28. The first-order chi connectivity index (χ1) is 10.3. The van der Waals surface area contributed by atoms with E-state index in [1.165, 1.54) is 26.2 Å². The predicted molar refractivity (Wildman–Crippen MR) is 88.3 cm³/mol. The van der Waals surface area contributed by atoms with Crippen LogP contribution in [-0.2, 0) is 14.8 Å². The highest BCUT2D eigenvalue weighted by molar-refractivity contribution is 7.89. The number of anilines is 1. The average Bonchev–Trinajstić information content (AvgIpc) is 2.45. The molecule has 124 valence electrons. The van der Waals surface area contributed by atoms with E-state index >= 15 is 0 Å². The second kappa shape index (κ2) is 8.26. The maximum atomic E-state index is 12.1. The van der Waals surface area contributed by atoms with Gasteiger partial charge < -0.3 is 5.32 Å². The number of carbonyl (C=O) groups excluding carboxylic acids is 1. The third-order valence-corrected chi connectivity index (χ3v) is 5.01. The van der Waals surface area contributed by atoms with Crippen molar-refractivity contribution in [1.29, 1.82) is 0 Å². The number of hydrogen-bond acceptors (Lipinski definition) is 4. The van der Waals surface area contributed by atoms with Crippen LogP contribution in [0.3, 0.4) is 0 Å². The Labute approximate surface area is 133 Å². The molecule has 0 saturated heterocycles. The molecule has 7 heteroatoms. The predicted octanol–water partition coefficient (Wildman–Crippen LogP) is 1.61. The Balaban J connectivity index is 2.73. The zero-order valence-corrected chi connectivity index (χ0v) is 14.5. The van der Waals surface area contributed by atoms with Gasteiger partial charge in [0.25, 0.3) is 0 Å². The van der Waals surface area contributed by atoms with Crippen molar-refractivity contribution >= 4 is 21.6 Å². The second-order valence-corrected chi connectivity index (χ2v) is 7.61. The number of likely N-dealkylation sites (N-methyl/N-ethyl adjacent to an activating group) is 1. The summed E-state index contributed by atoms with van der Waals surface area (Å²) in [5.41, 5.74) is 0.483. The monoisotopic (exact) mass is 327 g/mol. The molecule has 1 amide bonds. The van der Waals surface area contributed by atoms with Gasteiger partial charge in [-0.3, -0.25) is 9.69 Å². The molecule has 0 aromatic heterocycles. The highest BCUT2D eigenvalue weighted by atomic mass is 32.2. The number of unbranched alkanes of at least 4 members (excludes halogenated alkanes) is 1. The lowest BCUT2D eigenvalue weighted by atomic mass is 10.3. The van der Waals surface area contributed by atoms with Gasteiger partial charge in [0.05, 0.1) is 11.4 Å². The maximum Gasteiger partial charge on any atom is 0.242 e. The molecule has 1 rings (SSSR count). The summed E-state index contributed by atoms with van der Waals surface area (Å²) in [6.07, 6.45) is 2.12. The van der Waals surface area contributed by atoms with Crippen LogP contribution in [0.15, 0.2) is 29.2 Å². The molecule has 0 radical (unpaired) electrons. The third kappa shape index (κ3) is 5.40. The number of carbonyl (C=O) groups is 1. The largest absolute Gasteiger partial charge is 0.325 e. The van der Waals surface area contributed by atoms with Gasteiger partial charge in [-0.05, 0) is 38.2 Å². The molecule has 22 heavy (non-hydrogen) atoms. The molecule has 1 N–H and O–H groups in total. The molecule has 0 atom stereocenters. The van der Waals surface area contributed by atoms with Crippen LogP contribution in [-0.4, -0.2) is 57.8 Å². The highest BCUT2D eigenvalue weighted by Gasteiger charge is 2.17. The molecular weight excluding hydrogens is 302 g/mol. The van der Waals surface area contributed by atoms with Gasteiger partial charge in [0, 0.05) is 19.8 Å². The van der Waals surface area contributed by atoms with E-state index in [-0.39, 0.29) is 17.3 Å². The highest BCUT2D eigenvalue weighted by Crippen LogP contribution is 2.17. The molecule has 0 aliphatic rings. The van der Waals surface area contributed by atoms with Crippen molar-refractivity contribution in [3.05, 3.63) is 24.3 Å². The quantitative estimate of drug-likeness (QED) is 0.787. The van der Waals surface area contributed by atoms with Crippen molar-refractivity contribution in [2.75, 3.05) is 39.5 Å². The van der Waals surface area contributed by atoms with Crippen molar-refractivity contribution in [2.45, 2.75) is 24.7 Å². The van der Waals surface area contributed by atoms with E-state index in [9.17, 15) is 13.2 Å². The number of benzene rings is 1. The van der Waals surface area contributed by atoms with Gasteiger partial charge in [0.1, 0.15) is 0 Å². The molecule has 0 aliphatic carbocycles. The number of sulfonamides is 1. The van der Waals surface area contributed by atoms with Gasteiger partial charge in [0.15, 0.2) is 0 Å². The number of nitrogens with one attached hydrogen (secondary N) is 1. The van der Waals surface area contributed by atoms with Crippen LogP contribution in [0.25, 0.3) is 0 Å². The molecule has 0 unspecified atom stereocenters. The molecule has 1 aromatic carbocycles. The fourth-order valence-electron chi connectivity index (χ4n) is 1.90. The van der Waals surface area contributed by atoms with E-state index in [1.54, 1.807) is 12.1 Å². The Morgan fingerprint density at radius 2 is 1.91 bits per heavy atom. The summed E-state index contributed by atoms with van der Waals surface area (Å²) in [5, 5.41) is 2.74. The van der Waals surface area contributed by atoms with Gasteiger partial charge in [-0.2, -0.15) is 0 Å². The molecule has 0 spiro atoms. The summed E-state index contributed by atoms with van der Waals surface area (Å²) >= 11 is 0. The SMILES string of the molecule is CCCCN(C)CC(=O)Nc1cccc(S(=O)(=O)N(C)C)c1. The van der Waals surface area contributed by atoms with Crippen molar-refractivity contribution in [3.8, 4) is 0 Å². The average molecular weight is 327 g/mol. The van der Waals surface area contributed by atoms with E-state index in [2.05, 4.69) is 12.2 Å². The first-order valence-corrected chi connectivity index (χ1v) is 8.72. The first kappa shape index (κ1) is 18.6. The van der Waals surface area contributed by atoms with Crippen molar-refractivity contribution in [2.24, 2.45) is 0 Å². The number of amides is 1. The van der Waals surface area contributed by atoms with Crippen LogP contribution in [0.1, 0.15) is 19.8 Å². The maximum absolute atomic E-state index is 12.1. The van der Waals surface area contributed by atoms with E-state index in [4.69, 9.17) is 0 Å². The Bertz CT molecular complexity index is 600. The Kier molecular flexibility index (Phi) is 6.99. The fourth-order valence-corrected chi connectivity index (χ4v) is 2.85. The lowest BCUT2D eigenvalue weighted by Gasteiger charge is -2.16. The molecule has 0 aliphatic heterocycles. The van der Waals surface area contributed by atoms with Crippen molar-refractivity contribution in [3.63, 3.8) is 0 Å². The lowest BCUT2D eigenvalue weighted by molar-refractivity contribution is -0.117. The van der Waals surface area contributed by atoms with Crippen LogP contribution in [0.4, 0.5) is 5.69 Å². The van der Waals surface area contributed by atoms with E-state index in [0.717, 1.165) is 23.7 Å². The van der Waals surface area contributed by atoms with Crippen LogP contribution in [0.5, 0.6) is 0 Å². The third-order valence-electron chi connectivity index (χ3n) is 3.20. The Morgan fingerprint density at radius 1 is 1.23 bits per heavy atom. The number of nitrogens with zero attached hydrogens (tertiary/aromatic N) is 2. The number of hydrogen-bond donors (Lipinski definition) is 1. The normalized spacial score (nSPS) is 11.9. The van der Waals surface area contributed by atoms with Crippen LogP contribution in [0, 0.1) is 0 Å². The summed E-state index contributed by atoms with van der Waals surface area (Å²) in [7, 11) is 1.34. The molecule has 0 fully saturated rings. The van der Waals surface area contributed by atoms with Gasteiger partial charge in [-0.1, -0.05) is 19.4 Å². The molecule has 0 bridgehead atoms. The van der Waals surface area contributed by atoms with Crippen LogP contribution < -0.4 is 5.32 Å². The summed E-state index contributed by atoms with van der Waals surface area (Å²) in [6.45, 7) is 3.24. The summed E-state index contributed by atoms with van der Waals surface area (Å²) < 4.78 is 25.3. The van der Waals surface area contributed by atoms with E-state index < -0.39 is 10.0 Å². The summed E-state index contributed by atoms with van der Waals surface area (Å²) in [5.74, 6) is -0.155. The topological polar surface area (TPSA) is 69.7 Å². The fraction of sp³-hybridized carbons (Fsp3) is 0.533. The number of rotatable bonds is 8. The van der Waals surface area contributed by atoms with Gasteiger partial charge in [-0.15, -0.1) is 0 Å². The van der Waals surface area contributed by atoms with Crippen molar-refractivity contribution in [1.82, 2.24) is 9.21 Å². The minimum atomic E-state index is -3.50. The minimum Gasteiger partial charge on any atom is -0.325 e. The van der Waals surface area contributed by atoms with Gasteiger partial charge in [-0.25, -0.2) is 12.7 Å². The standard InChI is InChI=1S/C15H25N3O3S/c1-5-6-10-18(4)12-15(19)16-13-8-7-9-14(11-13)22(20,21)17(2)3/h7-9,11H,5-6,10,12H2,1-4H3,(H,16,19). The molecule has 0 heterocycles. The second-order valence-electron chi connectivity index (χ2n) is 5.45. The van der Waals surface area contributed by atoms with Gasteiger partial charge in [0.2, 0.25) is 15.9 Å². The molecule has 6 nitrogen and oxygen atoms in total. The lowest BCUT2D eigenvalue weighted by Crippen LogP contribution is -2.31. The van der Waals surface area contributed by atoms with Crippen molar-refractivity contribution < 1.29 is 13.2 Å². The van der Waals surface area contributed by atoms with Crippen LogP contribution in [0.2, 0.25) is 0 Å². The molecular formula is C15H25N3O3S. The minimum absolute atomic E-state index is 0.155. The molecule has 0 saturated carbocycles. The smallest absolute Gasteiger partial charge is 0.242 e. The van der Waals surface area contributed by atoms with E-state index in [0.29, 0.717) is 5.69 Å².